The summed E-state index contributed by atoms with van der Waals surface area (Å²) in [5.41, 5.74) is 5.30. The minimum atomic E-state index is -0.972. The highest BCUT2D eigenvalue weighted by Crippen LogP contribution is 2.11. The zero-order chi connectivity index (χ0) is 11.7. The van der Waals surface area contributed by atoms with Crippen LogP contribution in [-0.4, -0.2) is 48.1 Å². The van der Waals surface area contributed by atoms with Gasteiger partial charge in [-0.15, -0.1) is 0 Å². The third-order valence-corrected chi connectivity index (χ3v) is 2.66. The fraction of sp³-hybridized carbons (Fsp3) is 0.889. The van der Waals surface area contributed by atoms with Crippen molar-refractivity contribution < 1.29 is 19.4 Å². The highest BCUT2D eigenvalue weighted by molar-refractivity contribution is 7.99. The summed E-state index contributed by atoms with van der Waals surface area (Å²) < 4.78 is 10.3. The number of aliphatic carboxylic acids is 1. The van der Waals surface area contributed by atoms with Gasteiger partial charge in [-0.05, 0) is 0 Å². The normalized spacial score (nSPS) is 18.1. The average Bonchev–Trinajstić information content (AvgIpc) is 2.73. The first kappa shape index (κ1) is 14.7. The second kappa shape index (κ2) is 8.96. The molecule has 15 heavy (non-hydrogen) atoms. The summed E-state index contributed by atoms with van der Waals surface area (Å²) in [6, 6.07) is -0.800. The van der Waals surface area contributed by atoms with Crippen LogP contribution in [0.25, 0.3) is 0 Å². The zero-order valence-corrected chi connectivity index (χ0v) is 9.96. The van der Waals surface area contributed by atoms with Crippen molar-refractivity contribution in [2.75, 3.05) is 24.7 Å². The first-order chi connectivity index (χ1) is 7.20. The average molecular weight is 237 g/mol. The van der Waals surface area contributed by atoms with E-state index >= 15 is 0 Å². The van der Waals surface area contributed by atoms with Crippen LogP contribution in [0.15, 0.2) is 0 Å². The molecule has 0 aromatic rings. The molecular formula is C9H19NO4S. The maximum Gasteiger partial charge on any atom is 0.321 e. The first-order valence-electron chi connectivity index (χ1n) is 4.99. The molecule has 0 aliphatic carbocycles. The Hall–Kier alpha value is -0.300. The van der Waals surface area contributed by atoms with Gasteiger partial charge in [0.25, 0.3) is 0 Å². The van der Waals surface area contributed by atoms with E-state index in [4.69, 9.17) is 20.3 Å². The molecule has 0 aromatic carbocycles. The monoisotopic (exact) mass is 237 g/mol. The van der Waals surface area contributed by atoms with Crippen LogP contribution in [0, 0.1) is 0 Å². The van der Waals surface area contributed by atoms with E-state index in [1.165, 1.54) is 11.8 Å². The molecule has 0 saturated carbocycles. The molecule has 90 valence electrons. The van der Waals surface area contributed by atoms with Crippen molar-refractivity contribution in [2.45, 2.75) is 26.2 Å². The van der Waals surface area contributed by atoms with Crippen LogP contribution in [0.4, 0.5) is 0 Å². The van der Waals surface area contributed by atoms with Crippen LogP contribution in [0.1, 0.15) is 13.8 Å². The van der Waals surface area contributed by atoms with E-state index in [2.05, 4.69) is 0 Å². The van der Waals surface area contributed by atoms with Gasteiger partial charge in [0.15, 0.2) is 6.29 Å². The van der Waals surface area contributed by atoms with E-state index in [1.54, 1.807) is 0 Å². The van der Waals surface area contributed by atoms with Gasteiger partial charge in [0.05, 0.1) is 13.2 Å². The molecule has 1 heterocycles. The number of carboxylic acid groups (broad SMARTS) is 1. The lowest BCUT2D eigenvalue weighted by Crippen LogP contribution is -2.33. The fourth-order valence-electron chi connectivity index (χ4n) is 0.866. The van der Waals surface area contributed by atoms with Gasteiger partial charge < -0.3 is 20.3 Å². The number of carboxylic acids is 1. The Kier molecular flexibility index (Phi) is 8.79. The van der Waals surface area contributed by atoms with E-state index in [0.717, 1.165) is 0 Å². The van der Waals surface area contributed by atoms with Crippen LogP contribution < -0.4 is 5.73 Å². The number of hydrogen-bond acceptors (Lipinski definition) is 5. The lowest BCUT2D eigenvalue weighted by Gasteiger charge is -2.09. The molecule has 1 aliphatic heterocycles. The Morgan fingerprint density at radius 3 is 2.53 bits per heavy atom. The lowest BCUT2D eigenvalue weighted by atomic mass is 10.4. The minimum absolute atomic E-state index is 0.189. The largest absolute Gasteiger partial charge is 0.480 e. The standard InChI is InChI=1S/C7H13NO4S.C2H6/c8-5(7(9)10)3-13-4-6-11-1-2-12-6;1-2/h5-6H,1-4,8H2,(H,9,10);1-2H3. The second-order valence-electron chi connectivity index (χ2n) is 2.65. The second-order valence-corrected chi connectivity index (χ2v) is 3.73. The first-order valence-corrected chi connectivity index (χ1v) is 6.15. The topological polar surface area (TPSA) is 81.8 Å². The molecule has 6 heteroatoms. The third kappa shape index (κ3) is 6.72. The number of ether oxygens (including phenoxy) is 2. The van der Waals surface area contributed by atoms with Crippen molar-refractivity contribution in [2.24, 2.45) is 5.73 Å². The molecule has 3 N–H and O–H groups in total. The highest BCUT2D eigenvalue weighted by Gasteiger charge is 2.17. The number of thioether (sulfide) groups is 1. The van der Waals surface area contributed by atoms with Gasteiger partial charge in [0.2, 0.25) is 0 Å². The van der Waals surface area contributed by atoms with E-state index < -0.39 is 12.0 Å². The van der Waals surface area contributed by atoms with Crippen LogP contribution in [-0.2, 0) is 14.3 Å². The Morgan fingerprint density at radius 2 is 2.07 bits per heavy atom. The maximum absolute atomic E-state index is 10.3. The summed E-state index contributed by atoms with van der Waals surface area (Å²) in [7, 11) is 0. The Balaban J connectivity index is 0.000000921. The molecule has 0 aromatic heterocycles. The Bertz CT molecular complexity index is 173. The smallest absolute Gasteiger partial charge is 0.321 e. The van der Waals surface area contributed by atoms with E-state index in [0.29, 0.717) is 24.7 Å². The van der Waals surface area contributed by atoms with Crippen molar-refractivity contribution in [1.82, 2.24) is 0 Å². The van der Waals surface area contributed by atoms with Gasteiger partial charge in [-0.2, -0.15) is 11.8 Å². The van der Waals surface area contributed by atoms with E-state index in [9.17, 15) is 4.79 Å². The summed E-state index contributed by atoms with van der Waals surface area (Å²) in [5, 5.41) is 8.47. The number of nitrogens with two attached hydrogens (primary N) is 1. The molecule has 0 bridgehead atoms. The van der Waals surface area contributed by atoms with Gasteiger partial charge in [-0.1, -0.05) is 13.8 Å². The van der Waals surface area contributed by atoms with Crippen molar-refractivity contribution in [3.05, 3.63) is 0 Å². The predicted molar refractivity (Wildman–Crippen MR) is 60.0 cm³/mol. The van der Waals surface area contributed by atoms with Crippen molar-refractivity contribution in [3.8, 4) is 0 Å². The molecule has 1 rings (SSSR count). The molecule has 1 unspecified atom stereocenters. The Morgan fingerprint density at radius 1 is 1.53 bits per heavy atom. The number of hydrogen-bond donors (Lipinski definition) is 2. The molecule has 5 nitrogen and oxygen atoms in total. The summed E-state index contributed by atoms with van der Waals surface area (Å²) in [5.74, 6) is 0.0558. The Labute approximate surface area is 94.3 Å². The van der Waals surface area contributed by atoms with E-state index in [-0.39, 0.29) is 6.29 Å². The number of carbonyl (C=O) groups is 1. The third-order valence-electron chi connectivity index (χ3n) is 1.56. The van der Waals surface area contributed by atoms with E-state index in [1.807, 2.05) is 13.8 Å². The van der Waals surface area contributed by atoms with Gasteiger partial charge in [-0.3, -0.25) is 4.79 Å². The van der Waals surface area contributed by atoms with Gasteiger partial charge >= 0.3 is 5.97 Å². The molecule has 0 amide bonds. The van der Waals surface area contributed by atoms with Gasteiger partial charge in [0.1, 0.15) is 6.04 Å². The minimum Gasteiger partial charge on any atom is -0.480 e. The summed E-state index contributed by atoms with van der Waals surface area (Å²) in [6.07, 6.45) is -0.189. The fourth-order valence-corrected chi connectivity index (χ4v) is 1.78. The van der Waals surface area contributed by atoms with Crippen LogP contribution in [0.3, 0.4) is 0 Å². The molecule has 1 fully saturated rings. The summed E-state index contributed by atoms with van der Waals surface area (Å²) in [6.45, 7) is 5.24. The summed E-state index contributed by atoms with van der Waals surface area (Å²) in [4.78, 5) is 10.3. The molecule has 1 atom stereocenters. The molecule has 0 radical (unpaired) electrons. The predicted octanol–water partition coefficient (Wildman–Crippen LogP) is 0.531. The number of rotatable bonds is 5. The highest BCUT2D eigenvalue weighted by atomic mass is 32.2. The van der Waals surface area contributed by atoms with Gasteiger partial charge in [-0.25, -0.2) is 0 Å². The summed E-state index contributed by atoms with van der Waals surface area (Å²) >= 11 is 1.43. The molecule has 1 saturated heterocycles. The SMILES string of the molecule is CC.NC(CSCC1OCCO1)C(=O)O. The maximum atomic E-state index is 10.3. The van der Waals surface area contributed by atoms with Crippen molar-refractivity contribution >= 4 is 17.7 Å². The zero-order valence-electron chi connectivity index (χ0n) is 9.14. The van der Waals surface area contributed by atoms with Crippen LogP contribution in [0.2, 0.25) is 0 Å². The quantitative estimate of drug-likeness (QED) is 0.726. The van der Waals surface area contributed by atoms with Crippen molar-refractivity contribution in [1.29, 1.82) is 0 Å². The molecule has 0 spiro atoms. The van der Waals surface area contributed by atoms with Gasteiger partial charge in [0, 0.05) is 11.5 Å². The van der Waals surface area contributed by atoms with Crippen molar-refractivity contribution in [3.63, 3.8) is 0 Å². The molecule has 1 aliphatic rings. The van der Waals surface area contributed by atoms with Crippen LogP contribution >= 0.6 is 11.8 Å². The molecular weight excluding hydrogens is 218 g/mol. The van der Waals surface area contributed by atoms with Crippen LogP contribution in [0.5, 0.6) is 0 Å². The lowest BCUT2D eigenvalue weighted by molar-refractivity contribution is -0.137.